The summed E-state index contributed by atoms with van der Waals surface area (Å²) in [5.74, 6) is -0.749. The second kappa shape index (κ2) is 5.48. The van der Waals surface area contributed by atoms with Gasteiger partial charge in [0.15, 0.2) is 9.84 Å². The number of sulfone groups is 1. The predicted octanol–water partition coefficient (Wildman–Crippen LogP) is 2.13. The normalized spacial score (nSPS) is 25.2. The first-order chi connectivity index (χ1) is 8.78. The van der Waals surface area contributed by atoms with E-state index in [1.807, 2.05) is 0 Å². The highest BCUT2D eigenvalue weighted by atomic mass is 35.5. The van der Waals surface area contributed by atoms with Crippen LogP contribution in [0.5, 0.6) is 0 Å². The van der Waals surface area contributed by atoms with E-state index in [1.54, 1.807) is 0 Å². The average Bonchev–Trinajstić information content (AvgIpc) is 2.51. The number of amides is 1. The van der Waals surface area contributed by atoms with Crippen LogP contribution in [-0.2, 0) is 9.84 Å². The van der Waals surface area contributed by atoms with Gasteiger partial charge in [-0.2, -0.15) is 0 Å². The molecule has 1 aliphatic heterocycles. The summed E-state index contributed by atoms with van der Waals surface area (Å²) < 4.78 is 22.8. The van der Waals surface area contributed by atoms with Gasteiger partial charge in [0.2, 0.25) is 0 Å². The SMILES string of the molecule is O=C(N[C@H]1CS(=O)(=O)C[C@H]1Cl)c1ccc(Cl)cc1Cl. The van der Waals surface area contributed by atoms with E-state index >= 15 is 0 Å². The minimum Gasteiger partial charge on any atom is -0.347 e. The maximum atomic E-state index is 12.0. The lowest BCUT2D eigenvalue weighted by Gasteiger charge is -2.15. The van der Waals surface area contributed by atoms with E-state index in [4.69, 9.17) is 34.8 Å². The summed E-state index contributed by atoms with van der Waals surface area (Å²) in [5.41, 5.74) is 0.235. The van der Waals surface area contributed by atoms with Crippen LogP contribution >= 0.6 is 34.8 Å². The molecule has 2 atom stereocenters. The summed E-state index contributed by atoms with van der Waals surface area (Å²) >= 11 is 17.6. The molecule has 0 spiro atoms. The summed E-state index contributed by atoms with van der Waals surface area (Å²) in [6, 6.07) is 3.85. The van der Waals surface area contributed by atoms with Gasteiger partial charge in [0, 0.05) is 5.02 Å². The number of nitrogens with one attached hydrogen (secondary N) is 1. The summed E-state index contributed by atoms with van der Waals surface area (Å²) in [5, 5.41) is 2.58. The molecule has 8 heteroatoms. The minimum absolute atomic E-state index is 0.131. The van der Waals surface area contributed by atoms with Crippen molar-refractivity contribution >= 4 is 50.5 Å². The number of alkyl halides is 1. The fourth-order valence-electron chi connectivity index (χ4n) is 1.86. The van der Waals surface area contributed by atoms with Crippen LogP contribution in [0, 0.1) is 0 Å². The molecule has 0 unspecified atom stereocenters. The van der Waals surface area contributed by atoms with Crippen molar-refractivity contribution in [3.05, 3.63) is 33.8 Å². The standard InChI is InChI=1S/C11H10Cl3NO3S/c12-6-1-2-7(8(13)3-6)11(16)15-10-5-19(17,18)4-9(10)14/h1-3,9-10H,4-5H2,(H,15,16)/t9-,10+/m1/s1. The van der Waals surface area contributed by atoms with E-state index in [2.05, 4.69) is 5.32 Å². The molecule has 4 nitrogen and oxygen atoms in total. The number of carbonyl (C=O) groups excluding carboxylic acids is 1. The van der Waals surface area contributed by atoms with E-state index < -0.39 is 27.2 Å². The Morgan fingerprint density at radius 2 is 1.95 bits per heavy atom. The van der Waals surface area contributed by atoms with Gasteiger partial charge < -0.3 is 5.32 Å². The van der Waals surface area contributed by atoms with E-state index in [9.17, 15) is 13.2 Å². The molecule has 1 fully saturated rings. The Morgan fingerprint density at radius 3 is 2.47 bits per heavy atom. The van der Waals surface area contributed by atoms with Gasteiger partial charge in [-0.1, -0.05) is 23.2 Å². The third-order valence-electron chi connectivity index (χ3n) is 2.78. The predicted molar refractivity (Wildman–Crippen MR) is 76.0 cm³/mol. The van der Waals surface area contributed by atoms with Crippen LogP contribution in [-0.4, -0.2) is 37.2 Å². The highest BCUT2D eigenvalue weighted by Gasteiger charge is 2.37. The van der Waals surface area contributed by atoms with E-state index in [0.29, 0.717) is 5.02 Å². The van der Waals surface area contributed by atoms with Crippen LogP contribution in [0.1, 0.15) is 10.4 Å². The molecule has 1 aromatic carbocycles. The van der Waals surface area contributed by atoms with Crippen LogP contribution in [0.3, 0.4) is 0 Å². The Bertz CT molecular complexity index is 618. The van der Waals surface area contributed by atoms with E-state index in [0.717, 1.165) is 0 Å². The molecule has 0 saturated carbocycles. The van der Waals surface area contributed by atoms with Gasteiger partial charge >= 0.3 is 0 Å². The van der Waals surface area contributed by atoms with Gasteiger partial charge in [0.25, 0.3) is 5.91 Å². The Kier molecular flexibility index (Phi) is 4.30. The zero-order valence-corrected chi connectivity index (χ0v) is 12.7. The van der Waals surface area contributed by atoms with Gasteiger partial charge in [0.1, 0.15) is 0 Å². The Balaban J connectivity index is 2.14. The second-order valence-electron chi connectivity index (χ2n) is 4.30. The smallest absolute Gasteiger partial charge is 0.253 e. The number of carbonyl (C=O) groups is 1. The van der Waals surface area contributed by atoms with E-state index in [1.165, 1.54) is 18.2 Å². The Hall–Kier alpha value is -0.490. The van der Waals surface area contributed by atoms with Gasteiger partial charge in [0.05, 0.1) is 33.5 Å². The lowest BCUT2D eigenvalue weighted by atomic mass is 10.2. The monoisotopic (exact) mass is 341 g/mol. The number of benzene rings is 1. The van der Waals surface area contributed by atoms with E-state index in [-0.39, 0.29) is 22.1 Å². The first-order valence-electron chi connectivity index (χ1n) is 5.39. The van der Waals surface area contributed by atoms with Crippen LogP contribution in [0.25, 0.3) is 0 Å². The summed E-state index contributed by atoms with van der Waals surface area (Å²) in [6.07, 6.45) is 0. The fraction of sp³-hybridized carbons (Fsp3) is 0.364. The van der Waals surface area contributed by atoms with Crippen molar-refractivity contribution in [2.24, 2.45) is 0 Å². The highest BCUT2D eigenvalue weighted by molar-refractivity contribution is 7.91. The topological polar surface area (TPSA) is 63.2 Å². The molecule has 0 bridgehead atoms. The van der Waals surface area contributed by atoms with Gasteiger partial charge in [-0.3, -0.25) is 4.79 Å². The van der Waals surface area contributed by atoms with Gasteiger partial charge in [-0.25, -0.2) is 8.42 Å². The zero-order valence-electron chi connectivity index (χ0n) is 9.57. The molecule has 1 saturated heterocycles. The van der Waals surface area contributed by atoms with Crippen LogP contribution in [0.4, 0.5) is 0 Å². The highest BCUT2D eigenvalue weighted by Crippen LogP contribution is 2.22. The molecule has 0 aliphatic carbocycles. The van der Waals surface area contributed by atoms with Gasteiger partial charge in [-0.15, -0.1) is 11.6 Å². The molecular formula is C11H10Cl3NO3S. The largest absolute Gasteiger partial charge is 0.347 e. The molecule has 0 radical (unpaired) electrons. The first kappa shape index (κ1) is 14.9. The van der Waals surface area contributed by atoms with Crippen LogP contribution in [0.15, 0.2) is 18.2 Å². The Labute approximate surface area is 125 Å². The average molecular weight is 343 g/mol. The third kappa shape index (κ3) is 3.54. The molecule has 1 aliphatic rings. The molecule has 2 rings (SSSR count). The van der Waals surface area contributed by atoms with Crippen molar-refractivity contribution in [2.75, 3.05) is 11.5 Å². The number of halogens is 3. The van der Waals surface area contributed by atoms with Crippen molar-refractivity contribution in [3.63, 3.8) is 0 Å². The first-order valence-corrected chi connectivity index (χ1v) is 8.40. The third-order valence-corrected chi connectivity index (χ3v) is 5.70. The van der Waals surface area contributed by atoms with Crippen molar-refractivity contribution in [3.8, 4) is 0 Å². The summed E-state index contributed by atoms with van der Waals surface area (Å²) in [7, 11) is -3.19. The van der Waals surface area contributed by atoms with Crippen LogP contribution < -0.4 is 5.32 Å². The van der Waals surface area contributed by atoms with Crippen molar-refractivity contribution < 1.29 is 13.2 Å². The molecule has 19 heavy (non-hydrogen) atoms. The molecule has 1 amide bonds. The number of hydrogen-bond acceptors (Lipinski definition) is 3. The van der Waals surface area contributed by atoms with Crippen molar-refractivity contribution in [2.45, 2.75) is 11.4 Å². The maximum Gasteiger partial charge on any atom is 0.253 e. The molecule has 1 heterocycles. The molecule has 104 valence electrons. The van der Waals surface area contributed by atoms with Crippen molar-refractivity contribution in [1.29, 1.82) is 0 Å². The van der Waals surface area contributed by atoms with Gasteiger partial charge in [-0.05, 0) is 18.2 Å². The molecule has 0 aromatic heterocycles. The summed E-state index contributed by atoms with van der Waals surface area (Å²) in [4.78, 5) is 12.0. The maximum absolute atomic E-state index is 12.0. The van der Waals surface area contributed by atoms with Crippen molar-refractivity contribution in [1.82, 2.24) is 5.32 Å². The lowest BCUT2D eigenvalue weighted by molar-refractivity contribution is 0.0941. The Morgan fingerprint density at radius 1 is 1.26 bits per heavy atom. The fourth-order valence-corrected chi connectivity index (χ4v) is 4.90. The molecule has 1 N–H and O–H groups in total. The minimum atomic E-state index is -3.19. The lowest BCUT2D eigenvalue weighted by Crippen LogP contribution is -2.40. The molecular weight excluding hydrogens is 333 g/mol. The second-order valence-corrected chi connectivity index (χ2v) is 7.86. The number of hydrogen-bond donors (Lipinski definition) is 1. The summed E-state index contributed by atoms with van der Waals surface area (Å²) in [6.45, 7) is 0. The van der Waals surface area contributed by atoms with Crippen LogP contribution in [0.2, 0.25) is 10.0 Å². The molecule has 1 aromatic rings. The zero-order chi connectivity index (χ0) is 14.2. The number of rotatable bonds is 2. The quantitative estimate of drug-likeness (QED) is 0.838.